The number of pyridine rings is 2. The van der Waals surface area contributed by atoms with Gasteiger partial charge in [-0.3, -0.25) is 14.8 Å². The van der Waals surface area contributed by atoms with E-state index in [-0.39, 0.29) is 11.8 Å². The van der Waals surface area contributed by atoms with Crippen LogP contribution in [-0.4, -0.2) is 21.8 Å². The monoisotopic (exact) mass is 457 g/mol. The zero-order chi connectivity index (χ0) is 22.6. The molecule has 166 valence electrons. The van der Waals surface area contributed by atoms with Gasteiger partial charge < -0.3 is 9.73 Å². The number of nitrogens with zero attached hydrogens (tertiary/aromatic N) is 2. The van der Waals surface area contributed by atoms with Crippen molar-refractivity contribution < 1.29 is 9.21 Å². The Balaban J connectivity index is 1.75. The number of hydrogen-bond donors (Lipinski definition) is 1. The van der Waals surface area contributed by atoms with E-state index >= 15 is 0 Å². The Hall–Kier alpha value is -3.44. The van der Waals surface area contributed by atoms with Crippen LogP contribution in [0.5, 0.6) is 0 Å². The highest BCUT2D eigenvalue weighted by molar-refractivity contribution is 6.34. The van der Waals surface area contributed by atoms with Crippen molar-refractivity contribution in [3.05, 3.63) is 89.3 Å². The molecule has 3 aromatic heterocycles. The van der Waals surface area contributed by atoms with Crippen LogP contribution in [0, 0.1) is 0 Å². The number of hydrogen-bond acceptors (Lipinski definition) is 5. The fourth-order valence-electron chi connectivity index (χ4n) is 4.41. The van der Waals surface area contributed by atoms with Crippen molar-refractivity contribution in [2.75, 3.05) is 5.32 Å². The van der Waals surface area contributed by atoms with E-state index in [0.717, 1.165) is 18.4 Å². The van der Waals surface area contributed by atoms with Crippen molar-refractivity contribution in [2.24, 2.45) is 0 Å². The molecular weight excluding hydrogens is 434 g/mol. The van der Waals surface area contributed by atoms with Crippen LogP contribution >= 0.6 is 11.6 Å². The van der Waals surface area contributed by atoms with Crippen LogP contribution in [0.25, 0.3) is 22.6 Å². The van der Waals surface area contributed by atoms with E-state index in [9.17, 15) is 4.79 Å². The van der Waals surface area contributed by atoms with Gasteiger partial charge in [0.05, 0.1) is 11.1 Å². The summed E-state index contributed by atoms with van der Waals surface area (Å²) in [7, 11) is 0. The zero-order valence-corrected chi connectivity index (χ0v) is 18.9. The van der Waals surface area contributed by atoms with Crippen molar-refractivity contribution in [1.29, 1.82) is 0 Å². The molecule has 5 nitrogen and oxygen atoms in total. The molecular formula is C27H24ClN3O2. The van der Waals surface area contributed by atoms with E-state index in [1.807, 2.05) is 42.5 Å². The standard InChI is InChI=1S/C27H24ClN3O2/c28-20-13-5-4-12-19(20)23-24(25(32)21-14-6-8-16-29-21)26(22-15-7-9-17-30-22)33-27(23)31-18-10-2-1-3-11-18/h4-9,12-18,31H,1-3,10-11H2. The maximum Gasteiger partial charge on any atom is 0.216 e. The minimum atomic E-state index is -0.230. The third kappa shape index (κ3) is 4.41. The number of halogens is 1. The summed E-state index contributed by atoms with van der Waals surface area (Å²) in [4.78, 5) is 22.6. The number of aromatic nitrogens is 2. The lowest BCUT2D eigenvalue weighted by molar-refractivity contribution is 0.103. The van der Waals surface area contributed by atoms with Crippen LogP contribution in [0.4, 0.5) is 5.88 Å². The third-order valence-electron chi connectivity index (χ3n) is 6.01. The number of ketones is 1. The topological polar surface area (TPSA) is 68.0 Å². The largest absolute Gasteiger partial charge is 0.438 e. The number of nitrogens with one attached hydrogen (secondary N) is 1. The predicted octanol–water partition coefficient (Wildman–Crippen LogP) is 7.03. The van der Waals surface area contributed by atoms with Gasteiger partial charge in [0, 0.05) is 29.0 Å². The number of rotatable bonds is 6. The van der Waals surface area contributed by atoms with Gasteiger partial charge in [-0.2, -0.15) is 0 Å². The van der Waals surface area contributed by atoms with Crippen LogP contribution in [0.2, 0.25) is 5.02 Å². The first-order chi connectivity index (χ1) is 16.2. The Morgan fingerprint density at radius 1 is 0.909 bits per heavy atom. The summed E-state index contributed by atoms with van der Waals surface area (Å²) < 4.78 is 6.41. The molecule has 1 aromatic carbocycles. The molecule has 0 aliphatic heterocycles. The molecule has 0 spiro atoms. The van der Waals surface area contributed by atoms with Gasteiger partial charge >= 0.3 is 0 Å². The van der Waals surface area contributed by atoms with Crippen LogP contribution in [-0.2, 0) is 0 Å². The molecule has 3 heterocycles. The van der Waals surface area contributed by atoms with Crippen LogP contribution < -0.4 is 5.32 Å². The molecule has 5 rings (SSSR count). The van der Waals surface area contributed by atoms with Gasteiger partial charge in [-0.05, 0) is 43.2 Å². The van der Waals surface area contributed by atoms with E-state index in [0.29, 0.717) is 39.2 Å². The lowest BCUT2D eigenvalue weighted by Crippen LogP contribution is -2.22. The Morgan fingerprint density at radius 3 is 2.33 bits per heavy atom. The summed E-state index contributed by atoms with van der Waals surface area (Å²) in [6.45, 7) is 0. The molecule has 33 heavy (non-hydrogen) atoms. The minimum Gasteiger partial charge on any atom is -0.438 e. The van der Waals surface area contributed by atoms with Crippen LogP contribution in [0.15, 0.2) is 77.5 Å². The van der Waals surface area contributed by atoms with Crippen LogP contribution in [0.3, 0.4) is 0 Å². The molecule has 0 bridgehead atoms. The fourth-order valence-corrected chi connectivity index (χ4v) is 4.64. The van der Waals surface area contributed by atoms with Crippen molar-refractivity contribution in [3.8, 4) is 22.6 Å². The average Bonchev–Trinajstić information content (AvgIpc) is 3.24. The fraction of sp³-hybridized carbons (Fsp3) is 0.222. The minimum absolute atomic E-state index is 0.230. The van der Waals surface area contributed by atoms with Crippen molar-refractivity contribution >= 4 is 23.3 Å². The van der Waals surface area contributed by atoms with Crippen molar-refractivity contribution in [2.45, 2.75) is 38.1 Å². The predicted molar refractivity (Wildman–Crippen MR) is 131 cm³/mol. The summed E-state index contributed by atoms with van der Waals surface area (Å²) in [6.07, 6.45) is 9.02. The first kappa shape index (κ1) is 21.4. The number of anilines is 1. The zero-order valence-electron chi connectivity index (χ0n) is 18.1. The molecule has 0 radical (unpaired) electrons. The molecule has 0 amide bonds. The molecule has 0 atom stereocenters. The lowest BCUT2D eigenvalue weighted by atomic mass is 9.94. The summed E-state index contributed by atoms with van der Waals surface area (Å²) in [5, 5.41) is 4.14. The maximum absolute atomic E-state index is 13.8. The summed E-state index contributed by atoms with van der Waals surface area (Å²) in [5.41, 5.74) is 2.73. The highest BCUT2D eigenvalue weighted by Crippen LogP contribution is 2.44. The Kier molecular flexibility index (Phi) is 6.22. The van der Waals surface area contributed by atoms with Gasteiger partial charge in [-0.1, -0.05) is 61.2 Å². The lowest BCUT2D eigenvalue weighted by Gasteiger charge is -2.23. The molecule has 1 aliphatic rings. The van der Waals surface area contributed by atoms with E-state index in [2.05, 4.69) is 15.3 Å². The van der Waals surface area contributed by atoms with E-state index in [1.54, 1.807) is 30.6 Å². The summed E-state index contributed by atoms with van der Waals surface area (Å²) in [6, 6.07) is 18.7. The second-order valence-corrected chi connectivity index (χ2v) is 8.64. The molecule has 1 fully saturated rings. The molecule has 4 aromatic rings. The summed E-state index contributed by atoms with van der Waals surface area (Å²) in [5.74, 6) is 0.737. The molecule has 1 aliphatic carbocycles. The molecule has 6 heteroatoms. The second-order valence-electron chi connectivity index (χ2n) is 8.23. The van der Waals surface area contributed by atoms with E-state index < -0.39 is 0 Å². The van der Waals surface area contributed by atoms with Gasteiger partial charge in [0.15, 0.2) is 5.76 Å². The third-order valence-corrected chi connectivity index (χ3v) is 6.34. The van der Waals surface area contributed by atoms with Crippen molar-refractivity contribution in [3.63, 3.8) is 0 Å². The molecule has 0 saturated heterocycles. The second kappa shape index (κ2) is 9.59. The van der Waals surface area contributed by atoms with Gasteiger partial charge in [0.2, 0.25) is 11.7 Å². The first-order valence-corrected chi connectivity index (χ1v) is 11.7. The smallest absolute Gasteiger partial charge is 0.216 e. The quantitative estimate of drug-likeness (QED) is 0.315. The molecule has 0 unspecified atom stereocenters. The average molecular weight is 458 g/mol. The van der Waals surface area contributed by atoms with E-state index in [4.69, 9.17) is 16.0 Å². The number of furan rings is 1. The van der Waals surface area contributed by atoms with Gasteiger partial charge in [-0.15, -0.1) is 0 Å². The van der Waals surface area contributed by atoms with E-state index in [1.165, 1.54) is 19.3 Å². The SMILES string of the molecule is O=C(c1ccccn1)c1c(-c2ccccn2)oc(NC2CCCCC2)c1-c1ccccc1Cl. The van der Waals surface area contributed by atoms with Crippen molar-refractivity contribution in [1.82, 2.24) is 9.97 Å². The number of carbonyl (C=O) groups is 1. The number of benzene rings is 1. The summed E-state index contributed by atoms with van der Waals surface area (Å²) >= 11 is 6.64. The highest BCUT2D eigenvalue weighted by atomic mass is 35.5. The van der Waals surface area contributed by atoms with Gasteiger partial charge in [-0.25, -0.2) is 0 Å². The Bertz CT molecular complexity index is 1250. The van der Waals surface area contributed by atoms with Crippen LogP contribution in [0.1, 0.15) is 48.2 Å². The first-order valence-electron chi connectivity index (χ1n) is 11.3. The molecule has 1 saturated carbocycles. The number of carbonyl (C=O) groups excluding carboxylic acids is 1. The molecule has 1 N–H and O–H groups in total. The Morgan fingerprint density at radius 2 is 1.64 bits per heavy atom. The Labute approximate surface area is 197 Å². The highest BCUT2D eigenvalue weighted by Gasteiger charge is 2.31. The normalized spacial score (nSPS) is 14.2. The van der Waals surface area contributed by atoms with Gasteiger partial charge in [0.25, 0.3) is 0 Å². The maximum atomic E-state index is 13.8. The van der Waals surface area contributed by atoms with Gasteiger partial charge in [0.1, 0.15) is 11.4 Å².